The smallest absolute Gasteiger partial charge is 0.242 e. The molecule has 0 saturated carbocycles. The molecule has 1 aromatic heterocycles. The molecular weight excluding hydrogens is 274 g/mol. The molecule has 0 saturated heterocycles. The fraction of sp³-hybridized carbons (Fsp3) is 0. The molecule has 0 N–H and O–H groups in total. The van der Waals surface area contributed by atoms with Gasteiger partial charge in [0.1, 0.15) is 0 Å². The van der Waals surface area contributed by atoms with Crippen LogP contribution in [0.1, 0.15) is 0 Å². The maximum Gasteiger partial charge on any atom is 0.301 e. The Morgan fingerprint density at radius 3 is 2.75 bits per heavy atom. The van der Waals surface area contributed by atoms with Gasteiger partial charge in [0.25, 0.3) is 0 Å². The maximum atomic E-state index is 12.6. The summed E-state index contributed by atoms with van der Waals surface area (Å²) in [6.45, 7) is 0. The number of benzene rings is 1. The maximum absolute atomic E-state index is 12.6. The highest BCUT2D eigenvalue weighted by Gasteiger charge is 2.25. The summed E-state index contributed by atoms with van der Waals surface area (Å²) >= 11 is 0. The zero-order valence-corrected chi connectivity index (χ0v) is 11.2. The van der Waals surface area contributed by atoms with Crippen molar-refractivity contribution in [3.05, 3.63) is 61.0 Å². The van der Waals surface area contributed by atoms with Gasteiger partial charge in [0, 0.05) is 24.0 Å². The SMILES string of the molecule is O=S(=O)(c1nccc2ccccc12)N1C=CC=CC=N1. The van der Waals surface area contributed by atoms with Crippen LogP contribution in [0.5, 0.6) is 0 Å². The van der Waals surface area contributed by atoms with Crippen molar-refractivity contribution in [2.45, 2.75) is 5.03 Å². The predicted octanol–water partition coefficient (Wildman–Crippen LogP) is 2.29. The highest BCUT2D eigenvalue weighted by molar-refractivity contribution is 7.89. The molecule has 3 rings (SSSR count). The average Bonchev–Trinajstić information content (AvgIpc) is 2.76. The second-order valence-corrected chi connectivity index (χ2v) is 5.82. The second kappa shape index (κ2) is 4.90. The fourth-order valence-electron chi connectivity index (χ4n) is 1.91. The number of nitrogens with zero attached hydrogens (tertiary/aromatic N) is 3. The van der Waals surface area contributed by atoms with Crippen LogP contribution in [0.2, 0.25) is 0 Å². The van der Waals surface area contributed by atoms with Gasteiger partial charge in [0.15, 0.2) is 5.03 Å². The zero-order chi connectivity index (χ0) is 14.0. The lowest BCUT2D eigenvalue weighted by molar-refractivity contribution is 0.514. The first-order valence-electron chi connectivity index (χ1n) is 5.95. The number of rotatable bonds is 2. The van der Waals surface area contributed by atoms with Crippen molar-refractivity contribution in [3.8, 4) is 0 Å². The van der Waals surface area contributed by atoms with E-state index < -0.39 is 10.0 Å². The van der Waals surface area contributed by atoms with E-state index in [1.54, 1.807) is 36.4 Å². The van der Waals surface area contributed by atoms with E-state index in [2.05, 4.69) is 10.1 Å². The highest BCUT2D eigenvalue weighted by atomic mass is 32.2. The quantitative estimate of drug-likeness (QED) is 0.850. The average molecular weight is 285 g/mol. The molecule has 1 aliphatic heterocycles. The van der Waals surface area contributed by atoms with Crippen molar-refractivity contribution in [1.29, 1.82) is 0 Å². The minimum atomic E-state index is -3.81. The first-order chi connectivity index (χ1) is 9.69. The zero-order valence-electron chi connectivity index (χ0n) is 10.4. The van der Waals surface area contributed by atoms with E-state index in [4.69, 9.17) is 0 Å². The van der Waals surface area contributed by atoms with Gasteiger partial charge in [-0.15, -0.1) is 0 Å². The molecule has 0 atom stereocenters. The van der Waals surface area contributed by atoms with Crippen LogP contribution in [-0.2, 0) is 10.0 Å². The largest absolute Gasteiger partial charge is 0.301 e. The van der Waals surface area contributed by atoms with Gasteiger partial charge >= 0.3 is 10.0 Å². The normalized spacial score (nSPS) is 14.7. The summed E-state index contributed by atoms with van der Waals surface area (Å²) in [5.74, 6) is 0. The monoisotopic (exact) mass is 285 g/mol. The Kier molecular flexibility index (Phi) is 3.08. The molecule has 2 aromatic rings. The molecule has 0 radical (unpaired) electrons. The van der Waals surface area contributed by atoms with Gasteiger partial charge in [-0.1, -0.05) is 30.3 Å². The number of aromatic nitrogens is 1. The summed E-state index contributed by atoms with van der Waals surface area (Å²) in [4.78, 5) is 4.03. The van der Waals surface area contributed by atoms with Gasteiger partial charge in [-0.05, 0) is 23.6 Å². The van der Waals surface area contributed by atoms with Crippen molar-refractivity contribution >= 4 is 27.0 Å². The molecule has 0 bridgehead atoms. The fourth-order valence-corrected chi connectivity index (χ4v) is 3.15. The molecule has 100 valence electrons. The molecule has 20 heavy (non-hydrogen) atoms. The molecule has 0 aliphatic carbocycles. The Morgan fingerprint density at radius 2 is 1.85 bits per heavy atom. The molecule has 0 unspecified atom stereocenters. The molecule has 6 heteroatoms. The topological polar surface area (TPSA) is 62.6 Å². The third-order valence-corrected chi connectivity index (χ3v) is 4.35. The van der Waals surface area contributed by atoms with E-state index >= 15 is 0 Å². The van der Waals surface area contributed by atoms with Crippen LogP contribution >= 0.6 is 0 Å². The van der Waals surface area contributed by atoms with E-state index in [-0.39, 0.29) is 5.03 Å². The first kappa shape index (κ1) is 12.6. The molecule has 0 amide bonds. The Balaban J connectivity index is 2.19. The number of fused-ring (bicyclic) bond motifs is 1. The Hall–Kier alpha value is -2.47. The number of hydrogen-bond acceptors (Lipinski definition) is 4. The standard InChI is InChI=1S/C14H11N3O2S/c18-20(19,17-11-5-1-4-9-16-17)14-13-7-3-2-6-12(13)8-10-15-14/h1-11H. The van der Waals surface area contributed by atoms with Gasteiger partial charge in [-0.25, -0.2) is 4.98 Å². The van der Waals surface area contributed by atoms with Crippen molar-refractivity contribution in [3.63, 3.8) is 0 Å². The highest BCUT2D eigenvalue weighted by Crippen LogP contribution is 2.24. The lowest BCUT2D eigenvalue weighted by atomic mass is 10.2. The van der Waals surface area contributed by atoms with Gasteiger partial charge in [0.05, 0.1) is 0 Å². The first-order valence-corrected chi connectivity index (χ1v) is 7.39. The van der Waals surface area contributed by atoms with E-state index in [0.717, 1.165) is 9.80 Å². The summed E-state index contributed by atoms with van der Waals surface area (Å²) in [6, 6.07) is 8.99. The van der Waals surface area contributed by atoms with Crippen LogP contribution in [0.3, 0.4) is 0 Å². The van der Waals surface area contributed by atoms with Crippen LogP contribution < -0.4 is 0 Å². The number of hydrogen-bond donors (Lipinski definition) is 0. The van der Waals surface area contributed by atoms with Crippen LogP contribution in [-0.4, -0.2) is 24.0 Å². The predicted molar refractivity (Wildman–Crippen MR) is 77.5 cm³/mol. The van der Waals surface area contributed by atoms with Crippen LogP contribution in [0.25, 0.3) is 10.8 Å². The molecule has 1 aliphatic rings. The Morgan fingerprint density at radius 1 is 1.00 bits per heavy atom. The lowest BCUT2D eigenvalue weighted by Crippen LogP contribution is -2.22. The Labute approximate surface area is 116 Å². The second-order valence-electron chi connectivity index (χ2n) is 4.11. The summed E-state index contributed by atoms with van der Waals surface area (Å²) in [6.07, 6.45) is 9.26. The molecule has 2 heterocycles. The van der Waals surface area contributed by atoms with E-state index in [9.17, 15) is 8.42 Å². The summed E-state index contributed by atoms with van der Waals surface area (Å²) in [5.41, 5.74) is 0. The third kappa shape index (κ3) is 2.10. The molecule has 1 aromatic carbocycles. The van der Waals surface area contributed by atoms with Crippen LogP contribution in [0.15, 0.2) is 71.1 Å². The Bertz CT molecular complexity index is 817. The lowest BCUT2D eigenvalue weighted by Gasteiger charge is -2.14. The van der Waals surface area contributed by atoms with E-state index in [1.165, 1.54) is 18.6 Å². The number of pyridine rings is 1. The molecule has 0 spiro atoms. The molecule has 5 nitrogen and oxygen atoms in total. The van der Waals surface area contributed by atoms with Crippen molar-refractivity contribution < 1.29 is 8.42 Å². The number of sulfonamides is 1. The van der Waals surface area contributed by atoms with Crippen molar-refractivity contribution in [1.82, 2.24) is 9.40 Å². The molecule has 0 fully saturated rings. The van der Waals surface area contributed by atoms with E-state index in [0.29, 0.717) is 5.39 Å². The minimum absolute atomic E-state index is 0.000648. The summed E-state index contributed by atoms with van der Waals surface area (Å²) in [7, 11) is -3.81. The van der Waals surface area contributed by atoms with Gasteiger partial charge in [0.2, 0.25) is 0 Å². The van der Waals surface area contributed by atoms with Gasteiger partial charge in [-0.2, -0.15) is 17.9 Å². The summed E-state index contributed by atoms with van der Waals surface area (Å²) < 4.78 is 26.2. The van der Waals surface area contributed by atoms with Gasteiger partial charge in [-0.3, -0.25) is 0 Å². The van der Waals surface area contributed by atoms with Crippen molar-refractivity contribution in [2.75, 3.05) is 0 Å². The number of allylic oxidation sites excluding steroid dienone is 3. The van der Waals surface area contributed by atoms with Crippen molar-refractivity contribution in [2.24, 2.45) is 5.10 Å². The minimum Gasteiger partial charge on any atom is -0.242 e. The van der Waals surface area contributed by atoms with Crippen LogP contribution in [0, 0.1) is 0 Å². The third-order valence-electron chi connectivity index (χ3n) is 2.83. The van der Waals surface area contributed by atoms with Gasteiger partial charge < -0.3 is 0 Å². The van der Waals surface area contributed by atoms with Crippen LogP contribution in [0.4, 0.5) is 0 Å². The molecular formula is C14H11N3O2S. The van der Waals surface area contributed by atoms with E-state index in [1.807, 2.05) is 12.1 Å². The summed E-state index contributed by atoms with van der Waals surface area (Å²) in [5, 5.41) is 5.28. The number of hydrazone groups is 1.